The van der Waals surface area contributed by atoms with Crippen LogP contribution >= 0.6 is 11.3 Å². The molecule has 2 aromatic carbocycles. The number of rotatable bonds is 8. The summed E-state index contributed by atoms with van der Waals surface area (Å²) in [6.45, 7) is 2.79. The molecule has 0 radical (unpaired) electrons. The minimum Gasteiger partial charge on any atom is -0.497 e. The zero-order chi connectivity index (χ0) is 27.3. The zero-order valence-electron chi connectivity index (χ0n) is 21.2. The van der Waals surface area contributed by atoms with E-state index >= 15 is 0 Å². The average Bonchev–Trinajstić information content (AvgIpc) is 3.41. The van der Waals surface area contributed by atoms with Crippen LogP contribution in [-0.4, -0.2) is 81.6 Å². The Morgan fingerprint density at radius 2 is 1.74 bits per heavy atom. The number of aromatic nitrogens is 1. The molecule has 3 aromatic rings. The first-order valence-electron chi connectivity index (χ1n) is 11.8. The van der Waals surface area contributed by atoms with Gasteiger partial charge in [0.1, 0.15) is 11.5 Å². The summed E-state index contributed by atoms with van der Waals surface area (Å²) < 4.78 is 43.1. The number of carbonyl (C=O) groups is 2. The molecule has 1 aliphatic rings. The van der Waals surface area contributed by atoms with E-state index in [2.05, 4.69) is 10.3 Å². The number of sulfonamides is 1. The minimum atomic E-state index is -3.77. The van der Waals surface area contributed by atoms with Crippen LogP contribution in [0.25, 0.3) is 11.3 Å². The van der Waals surface area contributed by atoms with Crippen LogP contribution in [0.2, 0.25) is 0 Å². The van der Waals surface area contributed by atoms with Crippen LogP contribution in [0, 0.1) is 0 Å². The maximum atomic E-state index is 13.1. The Kier molecular flexibility index (Phi) is 8.49. The van der Waals surface area contributed by atoms with Crippen molar-refractivity contribution in [2.75, 3.05) is 52.3 Å². The van der Waals surface area contributed by atoms with E-state index in [0.29, 0.717) is 22.3 Å². The van der Waals surface area contributed by atoms with E-state index in [4.69, 9.17) is 14.2 Å². The van der Waals surface area contributed by atoms with Gasteiger partial charge in [-0.1, -0.05) is 0 Å². The standard InChI is InChI=1S/C25H28N4O7S2/c1-4-36-25(31)28-11-13-29(14-12-28)38(32,33)19-8-5-17(6-9-19)23(30)27-24-26-21(16-37-24)20-15-18(34-2)7-10-22(20)35-3/h5-10,15-16H,4,11-14H2,1-3H3,(H,26,27,30). The number of thiazole rings is 1. The lowest BCUT2D eigenvalue weighted by Gasteiger charge is -2.33. The van der Waals surface area contributed by atoms with E-state index < -0.39 is 22.0 Å². The predicted molar refractivity (Wildman–Crippen MR) is 142 cm³/mol. The van der Waals surface area contributed by atoms with Gasteiger partial charge in [0.25, 0.3) is 5.91 Å². The van der Waals surface area contributed by atoms with Crippen LogP contribution < -0.4 is 14.8 Å². The third kappa shape index (κ3) is 5.90. The van der Waals surface area contributed by atoms with Crippen molar-refractivity contribution in [2.24, 2.45) is 0 Å². The normalized spacial score (nSPS) is 14.1. The number of amides is 2. The molecule has 2 heterocycles. The van der Waals surface area contributed by atoms with Crippen molar-refractivity contribution in [1.82, 2.24) is 14.2 Å². The van der Waals surface area contributed by atoms with E-state index in [1.165, 1.54) is 44.8 Å². The highest BCUT2D eigenvalue weighted by Crippen LogP contribution is 2.35. The maximum Gasteiger partial charge on any atom is 0.409 e. The van der Waals surface area contributed by atoms with Gasteiger partial charge in [0.2, 0.25) is 10.0 Å². The van der Waals surface area contributed by atoms with Gasteiger partial charge in [0.05, 0.1) is 31.4 Å². The van der Waals surface area contributed by atoms with Crippen LogP contribution in [-0.2, 0) is 14.8 Å². The van der Waals surface area contributed by atoms with Crippen LogP contribution in [0.3, 0.4) is 0 Å². The smallest absolute Gasteiger partial charge is 0.409 e. The van der Waals surface area contributed by atoms with Crippen molar-refractivity contribution in [1.29, 1.82) is 0 Å². The largest absolute Gasteiger partial charge is 0.497 e. The lowest BCUT2D eigenvalue weighted by atomic mass is 10.1. The van der Waals surface area contributed by atoms with E-state index in [-0.39, 0.29) is 43.2 Å². The van der Waals surface area contributed by atoms with E-state index in [1.807, 2.05) is 0 Å². The Hall–Kier alpha value is -3.68. The summed E-state index contributed by atoms with van der Waals surface area (Å²) in [6, 6.07) is 11.1. The molecule has 202 valence electrons. The molecule has 11 nitrogen and oxygen atoms in total. The van der Waals surface area contributed by atoms with Crippen molar-refractivity contribution in [3.8, 4) is 22.8 Å². The van der Waals surface area contributed by atoms with Crippen LogP contribution in [0.4, 0.5) is 9.93 Å². The maximum absolute atomic E-state index is 13.1. The number of nitrogens with one attached hydrogen (secondary N) is 1. The van der Waals surface area contributed by atoms with Crippen molar-refractivity contribution < 1.29 is 32.2 Å². The highest BCUT2D eigenvalue weighted by molar-refractivity contribution is 7.89. The Labute approximate surface area is 225 Å². The second kappa shape index (κ2) is 11.8. The van der Waals surface area contributed by atoms with Gasteiger partial charge in [0.15, 0.2) is 5.13 Å². The number of hydrogen-bond acceptors (Lipinski definition) is 9. The quantitative estimate of drug-likeness (QED) is 0.443. The first-order chi connectivity index (χ1) is 18.3. The van der Waals surface area contributed by atoms with Gasteiger partial charge in [-0.15, -0.1) is 11.3 Å². The molecule has 0 saturated carbocycles. The average molecular weight is 561 g/mol. The van der Waals surface area contributed by atoms with E-state index in [9.17, 15) is 18.0 Å². The third-order valence-corrected chi connectivity index (χ3v) is 8.60. The molecule has 1 aromatic heterocycles. The molecule has 0 aliphatic carbocycles. The molecule has 0 spiro atoms. The van der Waals surface area contributed by atoms with Crippen molar-refractivity contribution in [2.45, 2.75) is 11.8 Å². The Bertz CT molecular complexity index is 1400. The first kappa shape index (κ1) is 27.4. The molecular weight excluding hydrogens is 532 g/mol. The molecule has 1 fully saturated rings. The summed E-state index contributed by atoms with van der Waals surface area (Å²) in [5.74, 6) is 0.846. The lowest BCUT2D eigenvalue weighted by molar-refractivity contribution is 0.0933. The summed E-state index contributed by atoms with van der Waals surface area (Å²) in [5.41, 5.74) is 1.62. The number of carbonyl (C=O) groups excluding carboxylic acids is 2. The van der Waals surface area contributed by atoms with Gasteiger partial charge in [-0.05, 0) is 49.4 Å². The first-order valence-corrected chi connectivity index (χ1v) is 14.1. The lowest BCUT2D eigenvalue weighted by Crippen LogP contribution is -2.50. The molecule has 38 heavy (non-hydrogen) atoms. The van der Waals surface area contributed by atoms with Crippen molar-refractivity contribution in [3.05, 3.63) is 53.4 Å². The van der Waals surface area contributed by atoms with E-state index in [1.54, 1.807) is 44.7 Å². The molecule has 2 amide bonds. The second-order valence-corrected chi connectivity index (χ2v) is 11.0. The Morgan fingerprint density at radius 1 is 1.03 bits per heavy atom. The summed E-state index contributed by atoms with van der Waals surface area (Å²) >= 11 is 1.25. The van der Waals surface area contributed by atoms with Gasteiger partial charge in [-0.25, -0.2) is 18.2 Å². The van der Waals surface area contributed by atoms with E-state index in [0.717, 1.165) is 5.56 Å². The number of hydrogen-bond donors (Lipinski definition) is 1. The molecule has 1 N–H and O–H groups in total. The van der Waals surface area contributed by atoms with Crippen LogP contribution in [0.15, 0.2) is 52.7 Å². The van der Waals surface area contributed by atoms with Gasteiger partial charge in [-0.2, -0.15) is 4.31 Å². The monoisotopic (exact) mass is 560 g/mol. The fourth-order valence-electron chi connectivity index (χ4n) is 3.89. The third-order valence-electron chi connectivity index (χ3n) is 5.93. The summed E-state index contributed by atoms with van der Waals surface area (Å²) in [5, 5.41) is 4.93. The fraction of sp³-hybridized carbons (Fsp3) is 0.320. The molecule has 4 rings (SSSR count). The predicted octanol–water partition coefficient (Wildman–Crippen LogP) is 3.54. The van der Waals surface area contributed by atoms with Gasteiger partial charge in [0, 0.05) is 42.7 Å². The highest BCUT2D eigenvalue weighted by Gasteiger charge is 2.30. The minimum absolute atomic E-state index is 0.0697. The number of piperazine rings is 1. The topological polar surface area (TPSA) is 127 Å². The molecule has 0 unspecified atom stereocenters. The number of benzene rings is 2. The fourth-order valence-corrected chi connectivity index (χ4v) is 6.02. The molecule has 1 aliphatic heterocycles. The molecule has 1 saturated heterocycles. The summed E-state index contributed by atoms with van der Waals surface area (Å²) in [7, 11) is -0.641. The van der Waals surface area contributed by atoms with Crippen molar-refractivity contribution >= 4 is 38.5 Å². The molecular formula is C25H28N4O7S2. The Balaban J connectivity index is 1.41. The van der Waals surface area contributed by atoms with Crippen LogP contribution in [0.1, 0.15) is 17.3 Å². The van der Waals surface area contributed by atoms with Crippen molar-refractivity contribution in [3.63, 3.8) is 0 Å². The number of ether oxygens (including phenoxy) is 3. The SMILES string of the molecule is CCOC(=O)N1CCN(S(=O)(=O)c2ccc(C(=O)Nc3nc(-c4cc(OC)ccc4OC)cs3)cc2)CC1. The highest BCUT2D eigenvalue weighted by atomic mass is 32.2. The molecule has 0 atom stereocenters. The second-order valence-electron chi connectivity index (χ2n) is 8.17. The number of anilines is 1. The summed E-state index contributed by atoms with van der Waals surface area (Å²) in [6.07, 6.45) is -0.449. The molecule has 13 heteroatoms. The van der Waals surface area contributed by atoms with Gasteiger partial charge in [-0.3, -0.25) is 10.1 Å². The summed E-state index contributed by atoms with van der Waals surface area (Å²) in [4.78, 5) is 30.7. The van der Waals surface area contributed by atoms with Crippen LogP contribution in [0.5, 0.6) is 11.5 Å². The number of nitrogens with zero attached hydrogens (tertiary/aromatic N) is 3. The molecule has 0 bridgehead atoms. The van der Waals surface area contributed by atoms with Gasteiger partial charge >= 0.3 is 6.09 Å². The zero-order valence-corrected chi connectivity index (χ0v) is 22.8. The van der Waals surface area contributed by atoms with Gasteiger partial charge < -0.3 is 19.1 Å². The number of methoxy groups -OCH3 is 2. The Morgan fingerprint density at radius 3 is 2.37 bits per heavy atom.